The molecule has 0 aliphatic rings. The average Bonchev–Trinajstić information content (AvgIpc) is 2.54. The van der Waals surface area contributed by atoms with E-state index in [-0.39, 0.29) is 12.5 Å². The summed E-state index contributed by atoms with van der Waals surface area (Å²) >= 11 is 0. The smallest absolute Gasteiger partial charge is 0.262 e. The van der Waals surface area contributed by atoms with Gasteiger partial charge in [0, 0.05) is 11.3 Å². The molecule has 0 bridgehead atoms. The van der Waals surface area contributed by atoms with Gasteiger partial charge in [0.25, 0.3) is 5.91 Å². The number of hydrogen-bond acceptors (Lipinski definition) is 3. The highest BCUT2D eigenvalue weighted by atomic mass is 16.5. The summed E-state index contributed by atoms with van der Waals surface area (Å²) in [4.78, 5) is 22.9. The Morgan fingerprint density at radius 1 is 1.22 bits per heavy atom. The quantitative estimate of drug-likeness (QED) is 0.822. The van der Waals surface area contributed by atoms with Crippen LogP contribution in [0, 0.1) is 6.92 Å². The van der Waals surface area contributed by atoms with Gasteiger partial charge in [-0.3, -0.25) is 9.59 Å². The predicted molar refractivity (Wildman–Crippen MR) is 91.2 cm³/mol. The zero-order valence-electron chi connectivity index (χ0n) is 13.6. The Hall–Kier alpha value is -2.62. The lowest BCUT2D eigenvalue weighted by Crippen LogP contribution is -2.21. The van der Waals surface area contributed by atoms with Crippen LogP contribution in [-0.2, 0) is 4.79 Å². The number of aryl methyl sites for hydroxylation is 1. The van der Waals surface area contributed by atoms with Gasteiger partial charge in [-0.1, -0.05) is 44.2 Å². The van der Waals surface area contributed by atoms with Gasteiger partial charge in [0.2, 0.25) is 0 Å². The molecule has 0 aliphatic carbocycles. The van der Waals surface area contributed by atoms with Crippen molar-refractivity contribution in [2.24, 2.45) is 0 Å². The molecule has 1 amide bonds. The Bertz CT molecular complexity index is 708. The number of nitrogens with one attached hydrogen (secondary N) is 1. The molecule has 0 aliphatic heterocycles. The predicted octanol–water partition coefficient (Wildman–Crippen LogP) is 3.95. The molecule has 0 fully saturated rings. The van der Waals surface area contributed by atoms with Gasteiger partial charge in [-0.15, -0.1) is 0 Å². The summed E-state index contributed by atoms with van der Waals surface area (Å²) in [6, 6.07) is 12.7. The van der Waals surface area contributed by atoms with Crippen molar-refractivity contribution in [1.29, 1.82) is 0 Å². The van der Waals surface area contributed by atoms with E-state index in [9.17, 15) is 9.59 Å². The van der Waals surface area contributed by atoms with Gasteiger partial charge in [-0.25, -0.2) is 0 Å². The van der Waals surface area contributed by atoms with E-state index in [0.717, 1.165) is 23.1 Å². The molecule has 0 saturated heterocycles. The zero-order valence-corrected chi connectivity index (χ0v) is 13.6. The summed E-state index contributed by atoms with van der Waals surface area (Å²) in [7, 11) is 0. The molecular formula is C19H21NO3. The SMILES string of the molecule is Cc1cccc(C(C)C)c1NC(=O)COc1cccc(C=O)c1. The van der Waals surface area contributed by atoms with Crippen LogP contribution in [0.3, 0.4) is 0 Å². The van der Waals surface area contributed by atoms with Crippen LogP contribution in [0.15, 0.2) is 42.5 Å². The van der Waals surface area contributed by atoms with E-state index in [4.69, 9.17) is 4.74 Å². The van der Waals surface area contributed by atoms with Crippen LogP contribution in [0.4, 0.5) is 5.69 Å². The van der Waals surface area contributed by atoms with Crippen LogP contribution < -0.4 is 10.1 Å². The van der Waals surface area contributed by atoms with E-state index in [2.05, 4.69) is 19.2 Å². The van der Waals surface area contributed by atoms with Crippen LogP contribution >= 0.6 is 0 Å². The van der Waals surface area contributed by atoms with Gasteiger partial charge in [0.1, 0.15) is 12.0 Å². The number of carbonyl (C=O) groups excluding carboxylic acids is 2. The molecule has 0 saturated carbocycles. The van der Waals surface area contributed by atoms with Gasteiger partial charge in [-0.2, -0.15) is 0 Å². The first kappa shape index (κ1) is 16.7. The fraction of sp³-hybridized carbons (Fsp3) is 0.263. The Balaban J connectivity index is 2.04. The van der Waals surface area contributed by atoms with E-state index >= 15 is 0 Å². The number of para-hydroxylation sites is 1. The van der Waals surface area contributed by atoms with Gasteiger partial charge in [-0.05, 0) is 36.1 Å². The van der Waals surface area contributed by atoms with Crippen molar-refractivity contribution in [2.45, 2.75) is 26.7 Å². The Kier molecular flexibility index (Phi) is 5.52. The van der Waals surface area contributed by atoms with Crippen LogP contribution in [0.2, 0.25) is 0 Å². The van der Waals surface area contributed by atoms with Gasteiger partial charge >= 0.3 is 0 Å². The molecule has 0 unspecified atom stereocenters. The topological polar surface area (TPSA) is 55.4 Å². The van der Waals surface area contributed by atoms with Crippen molar-refractivity contribution < 1.29 is 14.3 Å². The second kappa shape index (κ2) is 7.58. The minimum absolute atomic E-state index is 0.103. The third-order valence-electron chi connectivity index (χ3n) is 3.56. The maximum absolute atomic E-state index is 12.2. The highest BCUT2D eigenvalue weighted by molar-refractivity contribution is 5.93. The molecular weight excluding hydrogens is 290 g/mol. The van der Waals surface area contributed by atoms with E-state index in [1.807, 2.05) is 25.1 Å². The number of hydrogen-bond donors (Lipinski definition) is 1. The molecule has 0 heterocycles. The van der Waals surface area contributed by atoms with E-state index in [1.54, 1.807) is 24.3 Å². The number of rotatable bonds is 6. The molecule has 1 N–H and O–H groups in total. The highest BCUT2D eigenvalue weighted by Gasteiger charge is 2.12. The number of carbonyl (C=O) groups is 2. The number of aldehydes is 1. The number of amides is 1. The van der Waals surface area contributed by atoms with Crippen LogP contribution in [0.5, 0.6) is 5.75 Å². The molecule has 23 heavy (non-hydrogen) atoms. The largest absolute Gasteiger partial charge is 0.484 e. The Labute approximate surface area is 136 Å². The lowest BCUT2D eigenvalue weighted by atomic mass is 9.98. The molecule has 120 valence electrons. The fourth-order valence-corrected chi connectivity index (χ4v) is 2.34. The summed E-state index contributed by atoms with van der Waals surface area (Å²) in [6.45, 7) is 6.04. The minimum atomic E-state index is -0.224. The van der Waals surface area contributed by atoms with Crippen LogP contribution in [0.25, 0.3) is 0 Å². The Morgan fingerprint density at radius 3 is 2.65 bits per heavy atom. The third kappa shape index (κ3) is 4.42. The van der Waals surface area contributed by atoms with Gasteiger partial charge in [0.05, 0.1) is 0 Å². The van der Waals surface area contributed by atoms with Crippen LogP contribution in [0.1, 0.15) is 41.3 Å². The first-order valence-electron chi connectivity index (χ1n) is 7.58. The average molecular weight is 311 g/mol. The van der Waals surface area contributed by atoms with Crippen LogP contribution in [-0.4, -0.2) is 18.8 Å². The molecule has 4 nitrogen and oxygen atoms in total. The summed E-state index contributed by atoms with van der Waals surface area (Å²) in [5.74, 6) is 0.590. The summed E-state index contributed by atoms with van der Waals surface area (Å²) < 4.78 is 5.45. The Morgan fingerprint density at radius 2 is 1.96 bits per heavy atom. The van der Waals surface area contributed by atoms with E-state index in [0.29, 0.717) is 17.2 Å². The normalized spacial score (nSPS) is 10.4. The molecule has 2 aromatic carbocycles. The third-order valence-corrected chi connectivity index (χ3v) is 3.56. The maximum Gasteiger partial charge on any atom is 0.262 e. The zero-order chi connectivity index (χ0) is 16.8. The second-order valence-corrected chi connectivity index (χ2v) is 5.72. The lowest BCUT2D eigenvalue weighted by molar-refractivity contribution is -0.118. The molecule has 2 rings (SSSR count). The maximum atomic E-state index is 12.2. The van der Waals surface area contributed by atoms with E-state index in [1.165, 1.54) is 0 Å². The van der Waals surface area contributed by atoms with Gasteiger partial charge in [0.15, 0.2) is 6.61 Å². The summed E-state index contributed by atoms with van der Waals surface area (Å²) in [5.41, 5.74) is 3.48. The molecule has 0 spiro atoms. The summed E-state index contributed by atoms with van der Waals surface area (Å²) in [5, 5.41) is 2.93. The number of anilines is 1. The fourth-order valence-electron chi connectivity index (χ4n) is 2.34. The van der Waals surface area contributed by atoms with Crippen molar-refractivity contribution in [3.05, 3.63) is 59.2 Å². The first-order valence-corrected chi connectivity index (χ1v) is 7.58. The molecule has 0 atom stereocenters. The van der Waals surface area contributed by atoms with Crippen molar-refractivity contribution in [3.8, 4) is 5.75 Å². The second-order valence-electron chi connectivity index (χ2n) is 5.72. The van der Waals surface area contributed by atoms with Crippen molar-refractivity contribution in [2.75, 3.05) is 11.9 Å². The monoisotopic (exact) mass is 311 g/mol. The first-order chi connectivity index (χ1) is 11.0. The highest BCUT2D eigenvalue weighted by Crippen LogP contribution is 2.27. The standard InChI is InChI=1S/C19H21NO3/c1-13(2)17-9-4-6-14(3)19(17)20-18(22)12-23-16-8-5-7-15(10-16)11-21/h4-11,13H,12H2,1-3H3,(H,20,22). The number of benzene rings is 2. The summed E-state index contributed by atoms with van der Waals surface area (Å²) in [6.07, 6.45) is 0.745. The molecule has 2 aromatic rings. The molecule has 0 radical (unpaired) electrons. The van der Waals surface area contributed by atoms with Crippen molar-refractivity contribution in [1.82, 2.24) is 0 Å². The minimum Gasteiger partial charge on any atom is -0.484 e. The number of ether oxygens (including phenoxy) is 1. The van der Waals surface area contributed by atoms with Gasteiger partial charge < -0.3 is 10.1 Å². The molecule has 0 aromatic heterocycles. The van der Waals surface area contributed by atoms with E-state index < -0.39 is 0 Å². The van der Waals surface area contributed by atoms with Crippen molar-refractivity contribution >= 4 is 17.9 Å². The van der Waals surface area contributed by atoms with Crippen molar-refractivity contribution in [3.63, 3.8) is 0 Å². The lowest BCUT2D eigenvalue weighted by Gasteiger charge is -2.16. The molecule has 4 heteroatoms.